The summed E-state index contributed by atoms with van der Waals surface area (Å²) in [6.07, 6.45) is -2.88. The van der Waals surface area contributed by atoms with Crippen LogP contribution in [-0.2, 0) is 18.3 Å². The number of nitrogens with zero attached hydrogens (tertiary/aromatic N) is 3. The monoisotopic (exact) mass is 418 g/mol. The molecule has 3 heterocycles. The lowest BCUT2D eigenvalue weighted by molar-refractivity contribution is -0.0490. The fraction of sp³-hybridized carbons (Fsp3) is 0.643. The molecule has 0 spiro atoms. The molecule has 1 fully saturated rings. The molecular formula is C14H23N6O7P. The van der Waals surface area contributed by atoms with Gasteiger partial charge in [0, 0.05) is 13.7 Å². The predicted molar refractivity (Wildman–Crippen MR) is 97.3 cm³/mol. The second kappa shape index (κ2) is 8.25. The van der Waals surface area contributed by atoms with Crippen LogP contribution >= 0.6 is 7.75 Å². The Morgan fingerprint density at radius 2 is 2.21 bits per heavy atom. The van der Waals surface area contributed by atoms with Crippen molar-refractivity contribution in [2.24, 2.45) is 0 Å². The molecule has 0 aliphatic carbocycles. The van der Waals surface area contributed by atoms with Crippen LogP contribution in [0.1, 0.15) is 19.6 Å². The Hall–Kier alpha value is -1.86. The number of H-pyrrole nitrogens is 1. The van der Waals surface area contributed by atoms with Crippen LogP contribution < -0.4 is 16.4 Å². The summed E-state index contributed by atoms with van der Waals surface area (Å²) in [5.74, 6) is -0.129. The Kier molecular flexibility index (Phi) is 6.15. The molecule has 156 valence electrons. The molecule has 0 amide bonds. The van der Waals surface area contributed by atoms with E-state index in [4.69, 9.17) is 19.5 Å². The average Bonchev–Trinajstić information content (AvgIpc) is 3.20. The maximum atomic E-state index is 12.4. The smallest absolute Gasteiger partial charge is 0.387 e. The molecule has 0 aromatic carbocycles. The van der Waals surface area contributed by atoms with Gasteiger partial charge in [0.2, 0.25) is 5.95 Å². The minimum absolute atomic E-state index is 0.00633. The minimum atomic E-state index is -3.56. The molecule has 2 aromatic rings. The number of nitrogens with two attached hydrogens (primary N) is 1. The first-order chi connectivity index (χ1) is 13.3. The molecule has 28 heavy (non-hydrogen) atoms. The first kappa shape index (κ1) is 20.9. The molecule has 3 unspecified atom stereocenters. The Labute approximate surface area is 159 Å². The van der Waals surface area contributed by atoms with Gasteiger partial charge in [-0.15, -0.1) is 0 Å². The van der Waals surface area contributed by atoms with E-state index in [1.165, 1.54) is 18.0 Å². The summed E-state index contributed by atoms with van der Waals surface area (Å²) in [5, 5.41) is 23.3. The van der Waals surface area contributed by atoms with E-state index in [2.05, 4.69) is 20.0 Å². The van der Waals surface area contributed by atoms with Gasteiger partial charge in [0.05, 0.1) is 12.9 Å². The van der Waals surface area contributed by atoms with E-state index >= 15 is 0 Å². The predicted octanol–water partition coefficient (Wildman–Crippen LogP) is -0.908. The van der Waals surface area contributed by atoms with E-state index in [-0.39, 0.29) is 23.7 Å². The van der Waals surface area contributed by atoms with Crippen LogP contribution in [0.25, 0.3) is 11.2 Å². The van der Waals surface area contributed by atoms with Crippen LogP contribution in [0.2, 0.25) is 0 Å². The second-order valence-electron chi connectivity index (χ2n) is 6.21. The summed E-state index contributed by atoms with van der Waals surface area (Å²) in [5.41, 5.74) is 5.11. The van der Waals surface area contributed by atoms with E-state index in [9.17, 15) is 19.6 Å². The number of nitrogens with one attached hydrogen (secondary N) is 2. The SMILES string of the molecule is CCCNP(=O)(OC)OC[C@H]1O[C@@H](n2cnc3c(=O)[nH]c(N)nc32)C(O)C1O. The van der Waals surface area contributed by atoms with Crippen LogP contribution in [0.15, 0.2) is 11.1 Å². The molecule has 1 saturated heterocycles. The lowest BCUT2D eigenvalue weighted by atomic mass is 10.1. The quantitative estimate of drug-likeness (QED) is 0.334. The first-order valence-corrected chi connectivity index (χ1v) is 10.1. The first-order valence-electron chi connectivity index (χ1n) is 8.59. The molecule has 0 bridgehead atoms. The average molecular weight is 418 g/mol. The number of hydrogen-bond donors (Lipinski definition) is 5. The van der Waals surface area contributed by atoms with Crippen molar-refractivity contribution in [2.45, 2.75) is 37.9 Å². The number of hydrogen-bond acceptors (Lipinski definition) is 10. The zero-order chi connectivity index (χ0) is 20.5. The number of rotatable bonds is 8. The van der Waals surface area contributed by atoms with E-state index in [1.54, 1.807) is 0 Å². The normalized spacial score (nSPS) is 27.3. The standard InChI is InChI=1S/C14H23N6O7P/c1-3-4-17-28(24,25-2)26-5-7-9(21)10(22)13(27-7)20-6-16-8-11(20)18-14(15)19-12(8)23/h6-7,9-10,13,21-22H,3-5H2,1-2H3,(H,17,24)(H3,15,18,19,23)/t7-,9?,10?,13-,28?/m1/s1. The van der Waals surface area contributed by atoms with E-state index in [0.717, 1.165) is 0 Å². The maximum Gasteiger partial charge on any atom is 0.405 e. The van der Waals surface area contributed by atoms with Crippen molar-refractivity contribution in [3.05, 3.63) is 16.7 Å². The molecule has 0 saturated carbocycles. The Morgan fingerprint density at radius 1 is 1.46 bits per heavy atom. The molecule has 3 rings (SSSR count). The molecule has 0 radical (unpaired) electrons. The number of aromatic amines is 1. The second-order valence-corrected chi connectivity index (χ2v) is 8.14. The molecule has 6 N–H and O–H groups in total. The van der Waals surface area contributed by atoms with Crippen LogP contribution in [0.4, 0.5) is 5.95 Å². The van der Waals surface area contributed by atoms with Gasteiger partial charge in [-0.25, -0.2) is 14.6 Å². The third kappa shape index (κ3) is 3.96. The Balaban J connectivity index is 1.78. The van der Waals surface area contributed by atoms with Gasteiger partial charge in [-0.1, -0.05) is 6.92 Å². The van der Waals surface area contributed by atoms with Gasteiger partial charge in [-0.3, -0.25) is 18.9 Å². The van der Waals surface area contributed by atoms with Crippen LogP contribution in [0.5, 0.6) is 0 Å². The van der Waals surface area contributed by atoms with Crippen molar-refractivity contribution in [2.75, 3.05) is 26.0 Å². The van der Waals surface area contributed by atoms with Crippen molar-refractivity contribution in [1.29, 1.82) is 0 Å². The number of aromatic nitrogens is 4. The molecule has 2 aromatic heterocycles. The third-order valence-electron chi connectivity index (χ3n) is 4.27. The fourth-order valence-corrected chi connectivity index (χ4v) is 3.98. The summed E-state index contributed by atoms with van der Waals surface area (Å²) in [4.78, 5) is 22.2. The summed E-state index contributed by atoms with van der Waals surface area (Å²) < 4.78 is 29.5. The highest BCUT2D eigenvalue weighted by Gasteiger charge is 2.45. The van der Waals surface area contributed by atoms with E-state index in [1.807, 2.05) is 6.92 Å². The Morgan fingerprint density at radius 3 is 2.89 bits per heavy atom. The largest absolute Gasteiger partial charge is 0.405 e. The van der Waals surface area contributed by atoms with Gasteiger partial charge in [-0.2, -0.15) is 4.98 Å². The maximum absolute atomic E-state index is 12.4. The number of imidazole rings is 1. The highest BCUT2D eigenvalue weighted by molar-refractivity contribution is 7.51. The third-order valence-corrected chi connectivity index (χ3v) is 5.85. The molecule has 1 aliphatic heterocycles. The van der Waals surface area contributed by atoms with Gasteiger partial charge in [0.15, 0.2) is 17.4 Å². The topological polar surface area (TPSA) is 187 Å². The van der Waals surface area contributed by atoms with Gasteiger partial charge in [0.25, 0.3) is 5.56 Å². The zero-order valence-electron chi connectivity index (χ0n) is 15.3. The molecule has 14 heteroatoms. The number of aliphatic hydroxyl groups excluding tert-OH is 2. The van der Waals surface area contributed by atoms with Gasteiger partial charge >= 0.3 is 7.75 Å². The minimum Gasteiger partial charge on any atom is -0.387 e. The van der Waals surface area contributed by atoms with Crippen molar-refractivity contribution >= 4 is 24.9 Å². The van der Waals surface area contributed by atoms with Crippen molar-refractivity contribution in [3.63, 3.8) is 0 Å². The van der Waals surface area contributed by atoms with Crippen molar-refractivity contribution < 1.29 is 28.6 Å². The van der Waals surface area contributed by atoms with Crippen LogP contribution in [0.3, 0.4) is 0 Å². The zero-order valence-corrected chi connectivity index (χ0v) is 16.2. The Bertz CT molecular complexity index is 933. The van der Waals surface area contributed by atoms with E-state index in [0.29, 0.717) is 13.0 Å². The van der Waals surface area contributed by atoms with Gasteiger partial charge in [-0.05, 0) is 6.42 Å². The highest BCUT2D eigenvalue weighted by atomic mass is 31.2. The van der Waals surface area contributed by atoms with Crippen LogP contribution in [0, 0.1) is 0 Å². The summed E-state index contributed by atoms with van der Waals surface area (Å²) in [7, 11) is -2.33. The number of anilines is 1. The van der Waals surface area contributed by atoms with Crippen molar-refractivity contribution in [1.82, 2.24) is 24.6 Å². The number of fused-ring (bicyclic) bond motifs is 1. The number of aliphatic hydroxyl groups is 2. The van der Waals surface area contributed by atoms with Gasteiger partial charge in [0.1, 0.15) is 18.3 Å². The van der Waals surface area contributed by atoms with E-state index < -0.39 is 37.8 Å². The van der Waals surface area contributed by atoms with Crippen LogP contribution in [-0.4, -0.2) is 68.3 Å². The van der Waals surface area contributed by atoms with Gasteiger partial charge < -0.3 is 25.2 Å². The molecule has 13 nitrogen and oxygen atoms in total. The lowest BCUT2D eigenvalue weighted by Crippen LogP contribution is -2.34. The molecular weight excluding hydrogens is 395 g/mol. The fourth-order valence-electron chi connectivity index (χ4n) is 2.81. The summed E-state index contributed by atoms with van der Waals surface area (Å²) in [6.45, 7) is 1.99. The molecule has 1 aliphatic rings. The number of ether oxygens (including phenoxy) is 1. The highest BCUT2D eigenvalue weighted by Crippen LogP contribution is 2.43. The molecule has 5 atom stereocenters. The van der Waals surface area contributed by atoms with Crippen molar-refractivity contribution in [3.8, 4) is 0 Å². The summed E-state index contributed by atoms with van der Waals surface area (Å²) >= 11 is 0. The number of nitrogen functional groups attached to an aromatic ring is 1. The lowest BCUT2D eigenvalue weighted by Gasteiger charge is -2.20. The summed E-state index contributed by atoms with van der Waals surface area (Å²) in [6, 6.07) is 0.